The molecular weight excluding hydrogens is 328 g/mol. The smallest absolute Gasteiger partial charge is 0.354 e. The van der Waals surface area contributed by atoms with E-state index >= 15 is 0 Å². The molecule has 0 saturated carbocycles. The van der Waals surface area contributed by atoms with Crippen molar-refractivity contribution in [2.24, 2.45) is 0 Å². The van der Waals surface area contributed by atoms with Crippen LogP contribution < -0.4 is 4.90 Å². The highest BCUT2D eigenvalue weighted by atomic mass is 35.5. The number of nitrogens with zero attached hydrogens (tertiary/aromatic N) is 1. The van der Waals surface area contributed by atoms with E-state index < -0.39 is 5.97 Å². The minimum atomic E-state index is -1.09. The van der Waals surface area contributed by atoms with Gasteiger partial charge < -0.3 is 15.0 Å². The Kier molecular flexibility index (Phi) is 4.27. The fourth-order valence-electron chi connectivity index (χ4n) is 2.72. The quantitative estimate of drug-likeness (QED) is 0.691. The highest BCUT2D eigenvalue weighted by molar-refractivity contribution is 6.31. The van der Waals surface area contributed by atoms with Gasteiger partial charge in [-0.1, -0.05) is 41.9 Å². The molecule has 1 aromatic heterocycles. The molecule has 3 rings (SSSR count). The minimum Gasteiger partial charge on any atom is -0.477 e. The van der Waals surface area contributed by atoms with Gasteiger partial charge in [0, 0.05) is 28.5 Å². The highest BCUT2D eigenvalue weighted by Gasteiger charge is 2.22. The SMILES string of the molecule is CN(CC(=O)c1ccccc1)c1c(C(=O)O)[nH]c2cc(Cl)ccc12. The molecule has 2 aromatic carbocycles. The second-order valence-corrected chi connectivity index (χ2v) is 5.93. The van der Waals surface area contributed by atoms with E-state index in [1.165, 1.54) is 0 Å². The maximum atomic E-state index is 12.4. The zero-order valence-corrected chi connectivity index (χ0v) is 13.7. The molecule has 0 spiro atoms. The first kappa shape index (κ1) is 16.1. The van der Waals surface area contributed by atoms with Gasteiger partial charge in [0.1, 0.15) is 5.69 Å². The maximum absolute atomic E-state index is 12.4. The number of carboxylic acids is 1. The number of halogens is 1. The Morgan fingerprint density at radius 2 is 1.88 bits per heavy atom. The van der Waals surface area contributed by atoms with E-state index in [1.54, 1.807) is 54.4 Å². The fourth-order valence-corrected chi connectivity index (χ4v) is 2.89. The first-order valence-electron chi connectivity index (χ1n) is 7.31. The number of anilines is 1. The van der Waals surface area contributed by atoms with Crippen LogP contribution in [0, 0.1) is 0 Å². The first-order valence-corrected chi connectivity index (χ1v) is 7.69. The molecule has 0 radical (unpaired) electrons. The molecule has 3 aromatic rings. The maximum Gasteiger partial charge on any atom is 0.354 e. The van der Waals surface area contributed by atoms with Crippen molar-refractivity contribution in [3.8, 4) is 0 Å². The largest absolute Gasteiger partial charge is 0.477 e. The molecule has 0 atom stereocenters. The van der Waals surface area contributed by atoms with Crippen LogP contribution in [-0.2, 0) is 0 Å². The van der Waals surface area contributed by atoms with Crippen LogP contribution >= 0.6 is 11.6 Å². The van der Waals surface area contributed by atoms with Gasteiger partial charge in [0.2, 0.25) is 0 Å². The molecule has 0 amide bonds. The Hall–Kier alpha value is -2.79. The van der Waals surface area contributed by atoms with Crippen LogP contribution in [0.4, 0.5) is 5.69 Å². The van der Waals surface area contributed by atoms with E-state index in [9.17, 15) is 14.7 Å². The van der Waals surface area contributed by atoms with E-state index in [-0.39, 0.29) is 18.0 Å². The van der Waals surface area contributed by atoms with Crippen molar-refractivity contribution in [3.63, 3.8) is 0 Å². The molecule has 0 aliphatic rings. The van der Waals surface area contributed by atoms with Gasteiger partial charge >= 0.3 is 5.97 Å². The van der Waals surface area contributed by atoms with Crippen LogP contribution in [0.15, 0.2) is 48.5 Å². The van der Waals surface area contributed by atoms with Crippen LogP contribution in [0.2, 0.25) is 5.02 Å². The summed E-state index contributed by atoms with van der Waals surface area (Å²) in [7, 11) is 1.70. The molecule has 0 fully saturated rings. The zero-order valence-electron chi connectivity index (χ0n) is 12.9. The number of Topliss-reactive ketones (excluding diaryl/α,β-unsaturated/α-hetero) is 1. The number of hydrogen-bond acceptors (Lipinski definition) is 3. The number of carboxylic acid groups (broad SMARTS) is 1. The summed E-state index contributed by atoms with van der Waals surface area (Å²) in [5.74, 6) is -1.17. The van der Waals surface area contributed by atoms with Crippen molar-refractivity contribution in [1.82, 2.24) is 4.98 Å². The number of aromatic carboxylic acids is 1. The lowest BCUT2D eigenvalue weighted by Gasteiger charge is -2.18. The summed E-state index contributed by atoms with van der Waals surface area (Å²) in [5.41, 5.74) is 1.71. The third-order valence-electron chi connectivity index (χ3n) is 3.81. The van der Waals surface area contributed by atoms with Gasteiger partial charge in [0.05, 0.1) is 12.2 Å². The standard InChI is InChI=1S/C18H15ClN2O3/c1-21(10-15(22)11-5-3-2-4-6-11)17-13-8-7-12(19)9-14(13)20-16(17)18(23)24/h2-9,20H,10H2,1H3,(H,23,24). The molecule has 0 aliphatic carbocycles. The Labute approximate surface area is 143 Å². The van der Waals surface area contributed by atoms with Crippen molar-refractivity contribution < 1.29 is 14.7 Å². The molecule has 5 nitrogen and oxygen atoms in total. The van der Waals surface area contributed by atoms with E-state index in [2.05, 4.69) is 4.98 Å². The average molecular weight is 343 g/mol. The van der Waals surface area contributed by atoms with E-state index in [1.807, 2.05) is 6.07 Å². The highest BCUT2D eigenvalue weighted by Crippen LogP contribution is 2.32. The zero-order chi connectivity index (χ0) is 17.3. The van der Waals surface area contributed by atoms with Crippen molar-refractivity contribution in [2.45, 2.75) is 0 Å². The van der Waals surface area contributed by atoms with E-state index in [0.29, 0.717) is 27.2 Å². The van der Waals surface area contributed by atoms with Gasteiger partial charge in [-0.25, -0.2) is 4.79 Å². The average Bonchev–Trinajstić information content (AvgIpc) is 2.94. The molecule has 2 N–H and O–H groups in total. The minimum absolute atomic E-state index is 0.0376. The molecule has 1 heterocycles. The number of fused-ring (bicyclic) bond motifs is 1. The van der Waals surface area contributed by atoms with Crippen LogP contribution in [0.3, 0.4) is 0 Å². The molecule has 0 unspecified atom stereocenters. The number of aromatic nitrogens is 1. The number of hydrogen-bond donors (Lipinski definition) is 2. The number of likely N-dealkylation sites (N-methyl/N-ethyl adjacent to an activating group) is 1. The van der Waals surface area contributed by atoms with Gasteiger partial charge in [-0.05, 0) is 18.2 Å². The Morgan fingerprint density at radius 1 is 1.17 bits per heavy atom. The third-order valence-corrected chi connectivity index (χ3v) is 4.04. The number of H-pyrrole nitrogens is 1. The van der Waals surface area contributed by atoms with E-state index in [4.69, 9.17) is 11.6 Å². The number of ketones is 1. The van der Waals surface area contributed by atoms with Crippen LogP contribution in [0.25, 0.3) is 10.9 Å². The lowest BCUT2D eigenvalue weighted by atomic mass is 10.1. The van der Waals surface area contributed by atoms with Crippen molar-refractivity contribution in [1.29, 1.82) is 0 Å². The molecule has 0 bridgehead atoms. The summed E-state index contributed by atoms with van der Waals surface area (Å²) in [6.07, 6.45) is 0. The van der Waals surface area contributed by atoms with Gasteiger partial charge in [0.25, 0.3) is 0 Å². The summed E-state index contributed by atoms with van der Waals surface area (Å²) < 4.78 is 0. The second-order valence-electron chi connectivity index (χ2n) is 5.49. The molecular formula is C18H15ClN2O3. The fraction of sp³-hybridized carbons (Fsp3) is 0.111. The normalized spacial score (nSPS) is 10.8. The Morgan fingerprint density at radius 3 is 2.54 bits per heavy atom. The lowest BCUT2D eigenvalue weighted by molar-refractivity contribution is 0.0691. The van der Waals surface area contributed by atoms with Crippen molar-refractivity contribution >= 4 is 39.9 Å². The van der Waals surface area contributed by atoms with Crippen molar-refractivity contribution in [3.05, 3.63) is 64.8 Å². The summed E-state index contributed by atoms with van der Waals surface area (Å²) in [4.78, 5) is 28.5. The predicted octanol–water partition coefficient (Wildman–Crippen LogP) is 3.84. The Bertz CT molecular complexity index is 919. The molecule has 0 aliphatic heterocycles. The summed E-state index contributed by atoms with van der Waals surface area (Å²) in [5, 5.41) is 10.7. The molecule has 6 heteroatoms. The van der Waals surface area contributed by atoms with E-state index in [0.717, 1.165) is 0 Å². The van der Waals surface area contributed by atoms with Gasteiger partial charge in [-0.15, -0.1) is 0 Å². The number of carbonyl (C=O) groups excluding carboxylic acids is 1. The number of nitrogens with one attached hydrogen (secondary N) is 1. The number of carbonyl (C=O) groups is 2. The lowest BCUT2D eigenvalue weighted by Crippen LogP contribution is -2.26. The molecule has 122 valence electrons. The monoisotopic (exact) mass is 342 g/mol. The summed E-state index contributed by atoms with van der Waals surface area (Å²) in [6.45, 7) is 0.0693. The predicted molar refractivity (Wildman–Crippen MR) is 94.3 cm³/mol. The summed E-state index contributed by atoms with van der Waals surface area (Å²) >= 11 is 5.97. The number of aromatic amines is 1. The Balaban J connectivity index is 1.99. The van der Waals surface area contributed by atoms with Crippen LogP contribution in [0.1, 0.15) is 20.8 Å². The molecule has 0 saturated heterocycles. The van der Waals surface area contributed by atoms with Crippen LogP contribution in [-0.4, -0.2) is 35.4 Å². The number of rotatable bonds is 5. The summed E-state index contributed by atoms with van der Waals surface area (Å²) in [6, 6.07) is 14.0. The van der Waals surface area contributed by atoms with Gasteiger partial charge in [0.15, 0.2) is 5.78 Å². The van der Waals surface area contributed by atoms with Crippen molar-refractivity contribution in [2.75, 3.05) is 18.5 Å². The van der Waals surface area contributed by atoms with Gasteiger partial charge in [-0.2, -0.15) is 0 Å². The first-order chi connectivity index (χ1) is 11.5. The van der Waals surface area contributed by atoms with Crippen LogP contribution in [0.5, 0.6) is 0 Å². The topological polar surface area (TPSA) is 73.4 Å². The second kappa shape index (κ2) is 6.37. The van der Waals surface area contributed by atoms with Gasteiger partial charge in [-0.3, -0.25) is 4.79 Å². The number of benzene rings is 2. The third kappa shape index (κ3) is 2.98. The molecule has 24 heavy (non-hydrogen) atoms.